The van der Waals surface area contributed by atoms with Crippen LogP contribution in [0.25, 0.3) is 0 Å². The molecule has 2 rings (SSSR count). The Hall–Kier alpha value is -2.49. The van der Waals surface area contributed by atoms with Crippen LogP contribution in [0.3, 0.4) is 0 Å². The second-order valence-electron chi connectivity index (χ2n) is 6.94. The molecule has 2 aromatic carbocycles. The number of hydrogen-bond donors (Lipinski definition) is 3. The van der Waals surface area contributed by atoms with Crippen LogP contribution >= 0.6 is 12.2 Å². The minimum atomic E-state index is -3.56. The zero-order chi connectivity index (χ0) is 22.1. The first-order valence-electron chi connectivity index (χ1n) is 9.69. The number of unbranched alkanes of at least 4 members (excludes halogenated alkanes) is 1. The summed E-state index contributed by atoms with van der Waals surface area (Å²) in [5, 5.41) is 5.58. The van der Waals surface area contributed by atoms with Gasteiger partial charge in [-0.2, -0.15) is 0 Å². The van der Waals surface area contributed by atoms with Gasteiger partial charge in [0, 0.05) is 17.3 Å². The number of thiocarbonyl (C=S) groups is 1. The molecule has 162 valence electrons. The summed E-state index contributed by atoms with van der Waals surface area (Å²) in [6, 6.07) is 12.7. The fourth-order valence-electron chi connectivity index (χ4n) is 2.47. The average molecular weight is 450 g/mol. The number of ether oxygens (including phenoxy) is 1. The van der Waals surface area contributed by atoms with Crippen LogP contribution in [0.5, 0.6) is 5.75 Å². The molecule has 0 radical (unpaired) electrons. The van der Waals surface area contributed by atoms with Crippen LogP contribution in [0, 0.1) is 0 Å². The Balaban J connectivity index is 1.91. The van der Waals surface area contributed by atoms with E-state index in [1.807, 2.05) is 0 Å². The second kappa shape index (κ2) is 11.1. The van der Waals surface area contributed by atoms with Crippen LogP contribution < -0.4 is 20.1 Å². The molecule has 0 unspecified atom stereocenters. The summed E-state index contributed by atoms with van der Waals surface area (Å²) in [6.07, 6.45) is 2.03. The Morgan fingerprint density at radius 1 is 1.07 bits per heavy atom. The van der Waals surface area contributed by atoms with E-state index in [0.717, 1.165) is 12.8 Å². The summed E-state index contributed by atoms with van der Waals surface area (Å²) in [4.78, 5) is 12.5. The largest absolute Gasteiger partial charge is 0.494 e. The molecule has 3 N–H and O–H groups in total. The molecule has 0 heterocycles. The van der Waals surface area contributed by atoms with E-state index in [9.17, 15) is 13.2 Å². The first-order valence-corrected chi connectivity index (χ1v) is 11.6. The van der Waals surface area contributed by atoms with E-state index in [0.29, 0.717) is 23.6 Å². The molecule has 1 amide bonds. The maximum absolute atomic E-state index is 12.3. The molecule has 2 aromatic rings. The van der Waals surface area contributed by atoms with E-state index in [4.69, 9.17) is 17.0 Å². The van der Waals surface area contributed by atoms with Crippen molar-refractivity contribution in [1.82, 2.24) is 10.0 Å². The smallest absolute Gasteiger partial charge is 0.257 e. The molecule has 7 nitrogen and oxygen atoms in total. The van der Waals surface area contributed by atoms with Crippen LogP contribution in [0.15, 0.2) is 53.4 Å². The summed E-state index contributed by atoms with van der Waals surface area (Å²) in [5.41, 5.74) is 1.01. The SMILES string of the molecule is CCCCOc1ccc(C(=O)NC(=S)Nc2ccc(S(=O)(=O)NC(C)C)cc2)cc1. The zero-order valence-corrected chi connectivity index (χ0v) is 18.9. The quantitative estimate of drug-likeness (QED) is 0.399. The Bertz CT molecular complexity index is 957. The first-order chi connectivity index (χ1) is 14.2. The van der Waals surface area contributed by atoms with Gasteiger partial charge in [-0.1, -0.05) is 13.3 Å². The van der Waals surface area contributed by atoms with Crippen LogP contribution in [0.1, 0.15) is 44.0 Å². The van der Waals surface area contributed by atoms with E-state index in [2.05, 4.69) is 22.3 Å². The van der Waals surface area contributed by atoms with Gasteiger partial charge in [-0.3, -0.25) is 10.1 Å². The molecule has 9 heteroatoms. The molecule has 0 aliphatic carbocycles. The van der Waals surface area contributed by atoms with Gasteiger partial charge >= 0.3 is 0 Å². The van der Waals surface area contributed by atoms with Gasteiger partial charge in [0.05, 0.1) is 11.5 Å². The molecule has 0 aliphatic heterocycles. The van der Waals surface area contributed by atoms with E-state index in [1.54, 1.807) is 50.2 Å². The minimum absolute atomic E-state index is 0.110. The maximum Gasteiger partial charge on any atom is 0.257 e. The van der Waals surface area contributed by atoms with Gasteiger partial charge in [-0.05, 0) is 81.0 Å². The number of amides is 1. The lowest BCUT2D eigenvalue weighted by Crippen LogP contribution is -2.34. The average Bonchev–Trinajstić information content (AvgIpc) is 2.68. The third-order valence-electron chi connectivity index (χ3n) is 3.92. The lowest BCUT2D eigenvalue weighted by molar-refractivity contribution is 0.0977. The number of sulfonamides is 1. The maximum atomic E-state index is 12.3. The fourth-order valence-corrected chi connectivity index (χ4v) is 3.93. The molecule has 30 heavy (non-hydrogen) atoms. The topological polar surface area (TPSA) is 96.5 Å². The van der Waals surface area contributed by atoms with Gasteiger partial charge in [0.1, 0.15) is 5.75 Å². The standard InChI is InChI=1S/C21H27N3O4S2/c1-4-5-14-28-18-10-6-16(7-11-18)20(25)23-21(29)22-17-8-12-19(13-9-17)30(26,27)24-15(2)3/h6-13,15,24H,4-5,14H2,1-3H3,(H2,22,23,25,29). The molecule has 0 atom stereocenters. The van der Waals surface area contributed by atoms with Gasteiger partial charge in [-0.15, -0.1) is 0 Å². The molecule has 0 saturated carbocycles. The molecule has 0 spiro atoms. The number of carbonyl (C=O) groups excluding carboxylic acids is 1. The van der Waals surface area contributed by atoms with Crippen molar-refractivity contribution in [2.75, 3.05) is 11.9 Å². The summed E-state index contributed by atoms with van der Waals surface area (Å²) < 4.78 is 32.4. The molecule has 0 fully saturated rings. The summed E-state index contributed by atoms with van der Waals surface area (Å²) in [7, 11) is -3.56. The van der Waals surface area contributed by atoms with Crippen molar-refractivity contribution in [2.24, 2.45) is 0 Å². The van der Waals surface area contributed by atoms with Crippen molar-refractivity contribution in [1.29, 1.82) is 0 Å². The van der Waals surface area contributed by atoms with Crippen molar-refractivity contribution in [3.05, 3.63) is 54.1 Å². The van der Waals surface area contributed by atoms with Gasteiger partial charge in [0.15, 0.2) is 5.11 Å². The molecular formula is C21H27N3O4S2. The van der Waals surface area contributed by atoms with Crippen molar-refractivity contribution in [2.45, 2.75) is 44.6 Å². The van der Waals surface area contributed by atoms with Crippen molar-refractivity contribution < 1.29 is 17.9 Å². The molecule has 0 aliphatic rings. The third kappa shape index (κ3) is 7.40. The Labute approximate surface area is 183 Å². The van der Waals surface area contributed by atoms with Gasteiger partial charge in [-0.25, -0.2) is 13.1 Å². The monoisotopic (exact) mass is 449 g/mol. The lowest BCUT2D eigenvalue weighted by Gasteiger charge is -2.12. The minimum Gasteiger partial charge on any atom is -0.494 e. The number of benzene rings is 2. The Kier molecular flexibility index (Phi) is 8.76. The van der Waals surface area contributed by atoms with Crippen LogP contribution in [-0.2, 0) is 10.0 Å². The molecule has 0 bridgehead atoms. The summed E-state index contributed by atoms with van der Waals surface area (Å²) in [5.74, 6) is 0.357. The Morgan fingerprint density at radius 3 is 2.27 bits per heavy atom. The third-order valence-corrected chi connectivity index (χ3v) is 5.80. The van der Waals surface area contributed by atoms with E-state index in [1.165, 1.54) is 12.1 Å². The van der Waals surface area contributed by atoms with E-state index >= 15 is 0 Å². The molecular weight excluding hydrogens is 422 g/mol. The molecule has 0 aromatic heterocycles. The predicted molar refractivity (Wildman–Crippen MR) is 122 cm³/mol. The van der Waals surface area contributed by atoms with Gasteiger partial charge in [0.25, 0.3) is 5.91 Å². The summed E-state index contributed by atoms with van der Waals surface area (Å²) in [6.45, 7) is 6.24. The zero-order valence-electron chi connectivity index (χ0n) is 17.3. The van der Waals surface area contributed by atoms with Crippen LogP contribution in [0.4, 0.5) is 5.69 Å². The highest BCUT2D eigenvalue weighted by molar-refractivity contribution is 7.89. The normalized spacial score (nSPS) is 11.2. The fraction of sp³-hybridized carbons (Fsp3) is 0.333. The Morgan fingerprint density at radius 2 is 1.70 bits per heavy atom. The van der Waals surface area contributed by atoms with Crippen molar-refractivity contribution >= 4 is 38.9 Å². The number of carbonyl (C=O) groups is 1. The highest BCUT2D eigenvalue weighted by Crippen LogP contribution is 2.15. The van der Waals surface area contributed by atoms with E-state index < -0.39 is 10.0 Å². The first kappa shape index (κ1) is 23.8. The van der Waals surface area contributed by atoms with E-state index in [-0.39, 0.29) is 22.0 Å². The highest BCUT2D eigenvalue weighted by Gasteiger charge is 2.15. The van der Waals surface area contributed by atoms with Gasteiger partial charge < -0.3 is 10.1 Å². The van der Waals surface area contributed by atoms with Crippen molar-refractivity contribution in [3.8, 4) is 5.75 Å². The summed E-state index contributed by atoms with van der Waals surface area (Å²) >= 11 is 5.17. The highest BCUT2D eigenvalue weighted by atomic mass is 32.2. The second-order valence-corrected chi connectivity index (χ2v) is 9.06. The predicted octanol–water partition coefficient (Wildman–Crippen LogP) is 3.68. The number of nitrogens with one attached hydrogen (secondary N) is 3. The number of hydrogen-bond acceptors (Lipinski definition) is 5. The molecule has 0 saturated heterocycles. The van der Waals surface area contributed by atoms with Crippen LogP contribution in [-0.4, -0.2) is 32.1 Å². The number of anilines is 1. The lowest BCUT2D eigenvalue weighted by atomic mass is 10.2. The van der Waals surface area contributed by atoms with Gasteiger partial charge in [0.2, 0.25) is 10.0 Å². The van der Waals surface area contributed by atoms with Crippen LogP contribution in [0.2, 0.25) is 0 Å². The van der Waals surface area contributed by atoms with Crippen molar-refractivity contribution in [3.63, 3.8) is 0 Å². The number of rotatable bonds is 9.